The standard InChI is InChI=1S/C20H28N4/c1-3-15-5-7-19(13-17(15)9-11-21)23-24-20-8-6-16(4-2)18(14-20)10-12-22/h5-8,13-14H,3-4,9-12,21-22H2,1-2H3. The van der Waals surface area contributed by atoms with E-state index in [1.54, 1.807) is 0 Å². The zero-order valence-corrected chi connectivity index (χ0v) is 14.8. The highest BCUT2D eigenvalue weighted by molar-refractivity contribution is 5.47. The second-order valence-electron chi connectivity index (χ2n) is 5.89. The zero-order chi connectivity index (χ0) is 17.4. The van der Waals surface area contributed by atoms with Gasteiger partial charge in [-0.1, -0.05) is 26.0 Å². The molecule has 0 aliphatic rings. The molecule has 4 N–H and O–H groups in total. The van der Waals surface area contributed by atoms with Crippen LogP contribution in [0.15, 0.2) is 46.6 Å². The molecule has 0 bridgehead atoms. The third-order valence-corrected chi connectivity index (χ3v) is 4.25. The van der Waals surface area contributed by atoms with Gasteiger partial charge in [0.25, 0.3) is 0 Å². The first-order chi connectivity index (χ1) is 11.7. The van der Waals surface area contributed by atoms with Crippen molar-refractivity contribution in [3.8, 4) is 0 Å². The van der Waals surface area contributed by atoms with E-state index in [-0.39, 0.29) is 0 Å². The molecule has 0 aliphatic carbocycles. The third-order valence-electron chi connectivity index (χ3n) is 4.25. The fourth-order valence-corrected chi connectivity index (χ4v) is 2.93. The van der Waals surface area contributed by atoms with E-state index in [1.807, 2.05) is 12.1 Å². The lowest BCUT2D eigenvalue weighted by molar-refractivity contribution is 0.936. The van der Waals surface area contributed by atoms with E-state index in [0.717, 1.165) is 37.1 Å². The molecule has 24 heavy (non-hydrogen) atoms. The van der Waals surface area contributed by atoms with Gasteiger partial charge in [0.15, 0.2) is 0 Å². The molecule has 4 nitrogen and oxygen atoms in total. The molecule has 0 saturated heterocycles. The number of aryl methyl sites for hydroxylation is 2. The summed E-state index contributed by atoms with van der Waals surface area (Å²) in [6.07, 6.45) is 3.76. The molecule has 2 aromatic carbocycles. The molecular weight excluding hydrogens is 296 g/mol. The molecule has 0 aromatic heterocycles. The summed E-state index contributed by atoms with van der Waals surface area (Å²) < 4.78 is 0. The summed E-state index contributed by atoms with van der Waals surface area (Å²) in [5.74, 6) is 0. The molecule has 2 aromatic rings. The number of benzene rings is 2. The maximum absolute atomic E-state index is 5.71. The summed E-state index contributed by atoms with van der Waals surface area (Å²) in [7, 11) is 0. The SMILES string of the molecule is CCc1ccc(N=Nc2ccc(CC)c(CCN)c2)cc1CCN. The fraction of sp³-hybridized carbons (Fsp3) is 0.400. The molecule has 0 heterocycles. The van der Waals surface area contributed by atoms with Gasteiger partial charge in [0.1, 0.15) is 0 Å². The summed E-state index contributed by atoms with van der Waals surface area (Å²) in [5, 5.41) is 8.81. The Morgan fingerprint density at radius 1 is 0.667 bits per heavy atom. The Balaban J connectivity index is 2.24. The van der Waals surface area contributed by atoms with Crippen LogP contribution in [0.2, 0.25) is 0 Å². The van der Waals surface area contributed by atoms with Gasteiger partial charge in [0.05, 0.1) is 11.4 Å². The number of nitrogens with zero attached hydrogens (tertiary/aromatic N) is 2. The van der Waals surface area contributed by atoms with Crippen molar-refractivity contribution >= 4 is 11.4 Å². The van der Waals surface area contributed by atoms with Crippen molar-refractivity contribution < 1.29 is 0 Å². The van der Waals surface area contributed by atoms with Crippen molar-refractivity contribution in [2.45, 2.75) is 39.5 Å². The summed E-state index contributed by atoms with van der Waals surface area (Å²) in [5.41, 5.74) is 18.3. The first kappa shape index (κ1) is 18.3. The van der Waals surface area contributed by atoms with Gasteiger partial charge in [0, 0.05) is 0 Å². The van der Waals surface area contributed by atoms with Gasteiger partial charge in [0.2, 0.25) is 0 Å². The van der Waals surface area contributed by atoms with Gasteiger partial charge < -0.3 is 11.5 Å². The van der Waals surface area contributed by atoms with Crippen LogP contribution < -0.4 is 11.5 Å². The van der Waals surface area contributed by atoms with Gasteiger partial charge in [-0.05, 0) is 85.3 Å². The predicted molar refractivity (Wildman–Crippen MR) is 101 cm³/mol. The summed E-state index contributed by atoms with van der Waals surface area (Å²) >= 11 is 0. The molecule has 0 saturated carbocycles. The van der Waals surface area contributed by atoms with Crippen molar-refractivity contribution in [2.24, 2.45) is 21.7 Å². The van der Waals surface area contributed by atoms with E-state index >= 15 is 0 Å². The second kappa shape index (κ2) is 9.30. The van der Waals surface area contributed by atoms with Crippen LogP contribution in [0.3, 0.4) is 0 Å². The molecule has 4 heteroatoms. The van der Waals surface area contributed by atoms with E-state index in [1.165, 1.54) is 22.3 Å². The maximum atomic E-state index is 5.71. The summed E-state index contributed by atoms with van der Waals surface area (Å²) in [6, 6.07) is 12.5. The molecule has 0 aliphatic heterocycles. The van der Waals surface area contributed by atoms with Crippen LogP contribution >= 0.6 is 0 Å². The van der Waals surface area contributed by atoms with Crippen LogP contribution in [0.5, 0.6) is 0 Å². The van der Waals surface area contributed by atoms with Crippen LogP contribution in [-0.4, -0.2) is 13.1 Å². The van der Waals surface area contributed by atoms with Crippen molar-refractivity contribution in [1.82, 2.24) is 0 Å². The topological polar surface area (TPSA) is 76.8 Å². The highest BCUT2D eigenvalue weighted by Crippen LogP contribution is 2.24. The van der Waals surface area contributed by atoms with E-state index in [0.29, 0.717) is 13.1 Å². The molecule has 0 spiro atoms. The van der Waals surface area contributed by atoms with Crippen molar-refractivity contribution in [3.05, 3.63) is 58.7 Å². The van der Waals surface area contributed by atoms with Gasteiger partial charge in [-0.25, -0.2) is 0 Å². The second-order valence-corrected chi connectivity index (χ2v) is 5.89. The lowest BCUT2D eigenvalue weighted by Gasteiger charge is -2.08. The molecule has 2 rings (SSSR count). The quantitative estimate of drug-likeness (QED) is 0.713. The number of hydrogen-bond acceptors (Lipinski definition) is 4. The highest BCUT2D eigenvalue weighted by atomic mass is 15.1. The maximum Gasteiger partial charge on any atom is 0.0860 e. The Hall–Kier alpha value is -2.04. The Morgan fingerprint density at radius 3 is 1.42 bits per heavy atom. The van der Waals surface area contributed by atoms with Crippen molar-refractivity contribution in [3.63, 3.8) is 0 Å². The van der Waals surface area contributed by atoms with Crippen LogP contribution in [0, 0.1) is 0 Å². The van der Waals surface area contributed by atoms with E-state index < -0.39 is 0 Å². The number of azo groups is 1. The van der Waals surface area contributed by atoms with E-state index in [4.69, 9.17) is 11.5 Å². The molecule has 0 atom stereocenters. The van der Waals surface area contributed by atoms with E-state index in [2.05, 4.69) is 48.3 Å². The van der Waals surface area contributed by atoms with Gasteiger partial charge in [-0.15, -0.1) is 0 Å². The first-order valence-electron chi connectivity index (χ1n) is 8.77. The van der Waals surface area contributed by atoms with Gasteiger partial charge >= 0.3 is 0 Å². The van der Waals surface area contributed by atoms with E-state index in [9.17, 15) is 0 Å². The smallest absolute Gasteiger partial charge is 0.0860 e. The van der Waals surface area contributed by atoms with Crippen LogP contribution in [0.4, 0.5) is 11.4 Å². The number of rotatable bonds is 8. The predicted octanol–water partition coefficient (Wildman–Crippen LogP) is 4.23. The molecule has 0 radical (unpaired) electrons. The number of hydrogen-bond donors (Lipinski definition) is 2. The molecular formula is C20H28N4. The van der Waals surface area contributed by atoms with Crippen molar-refractivity contribution in [2.75, 3.05) is 13.1 Å². The first-order valence-corrected chi connectivity index (χ1v) is 8.77. The normalized spacial score (nSPS) is 11.3. The minimum atomic E-state index is 0.647. The third kappa shape index (κ3) is 4.73. The lowest BCUT2D eigenvalue weighted by Crippen LogP contribution is -2.05. The molecule has 0 fully saturated rings. The van der Waals surface area contributed by atoms with Crippen LogP contribution in [0.1, 0.15) is 36.1 Å². The Kier molecular flexibility index (Phi) is 7.09. The highest BCUT2D eigenvalue weighted by Gasteiger charge is 2.04. The Bertz CT molecular complexity index is 633. The van der Waals surface area contributed by atoms with Gasteiger partial charge in [-0.2, -0.15) is 10.2 Å². The Labute approximate surface area is 145 Å². The molecule has 0 unspecified atom stereocenters. The minimum Gasteiger partial charge on any atom is -0.330 e. The average molecular weight is 324 g/mol. The number of nitrogens with two attached hydrogens (primary N) is 2. The average Bonchev–Trinajstić information content (AvgIpc) is 2.61. The van der Waals surface area contributed by atoms with Crippen LogP contribution in [-0.2, 0) is 25.7 Å². The van der Waals surface area contributed by atoms with Crippen molar-refractivity contribution in [1.29, 1.82) is 0 Å². The Morgan fingerprint density at radius 2 is 1.08 bits per heavy atom. The molecule has 0 amide bonds. The van der Waals surface area contributed by atoms with Gasteiger partial charge in [-0.3, -0.25) is 0 Å². The van der Waals surface area contributed by atoms with Crippen LogP contribution in [0.25, 0.3) is 0 Å². The zero-order valence-electron chi connectivity index (χ0n) is 14.8. The minimum absolute atomic E-state index is 0.647. The lowest BCUT2D eigenvalue weighted by atomic mass is 10.0. The largest absolute Gasteiger partial charge is 0.330 e. The summed E-state index contributed by atoms with van der Waals surface area (Å²) in [6.45, 7) is 5.61. The fourth-order valence-electron chi connectivity index (χ4n) is 2.93. The summed E-state index contributed by atoms with van der Waals surface area (Å²) in [4.78, 5) is 0. The molecule has 128 valence electrons. The monoisotopic (exact) mass is 324 g/mol.